The van der Waals surface area contributed by atoms with Crippen molar-refractivity contribution in [3.8, 4) is 5.75 Å². The zero-order valence-electron chi connectivity index (χ0n) is 6.55. The topological polar surface area (TPSA) is 9.23 Å². The molecule has 0 amide bonds. The lowest BCUT2D eigenvalue weighted by Crippen LogP contribution is -1.82. The summed E-state index contributed by atoms with van der Waals surface area (Å²) < 4.78 is 6.05. The Bertz CT molecular complexity index is 277. The van der Waals surface area contributed by atoms with Crippen molar-refractivity contribution >= 4 is 36.3 Å². The second kappa shape index (κ2) is 4.67. The standard InChI is InChI=1S/C9H8Br2O/c1-12-8-4-2-7(3-5-8)9(11)6-10/h2-6H,1H3/b9-6-. The van der Waals surface area contributed by atoms with E-state index in [1.807, 2.05) is 29.3 Å². The summed E-state index contributed by atoms with van der Waals surface area (Å²) in [7, 11) is 1.66. The molecule has 3 heteroatoms. The van der Waals surface area contributed by atoms with E-state index in [4.69, 9.17) is 4.74 Å². The molecule has 0 aromatic heterocycles. The second-order valence-corrected chi connectivity index (χ2v) is 3.50. The van der Waals surface area contributed by atoms with Crippen LogP contribution in [-0.4, -0.2) is 7.11 Å². The van der Waals surface area contributed by atoms with Crippen molar-refractivity contribution in [2.45, 2.75) is 0 Å². The summed E-state index contributed by atoms with van der Waals surface area (Å²) in [5.41, 5.74) is 1.12. The summed E-state index contributed by atoms with van der Waals surface area (Å²) in [5, 5.41) is 0. The lowest BCUT2D eigenvalue weighted by molar-refractivity contribution is 0.415. The van der Waals surface area contributed by atoms with Gasteiger partial charge < -0.3 is 4.74 Å². The number of methoxy groups -OCH3 is 1. The molecule has 64 valence electrons. The molecule has 0 heterocycles. The van der Waals surface area contributed by atoms with Gasteiger partial charge in [0.1, 0.15) is 5.75 Å². The van der Waals surface area contributed by atoms with Crippen LogP contribution in [-0.2, 0) is 0 Å². The van der Waals surface area contributed by atoms with Gasteiger partial charge in [-0.05, 0) is 38.6 Å². The van der Waals surface area contributed by atoms with Crippen molar-refractivity contribution < 1.29 is 4.74 Å². The quantitative estimate of drug-likeness (QED) is 0.806. The molecule has 0 fully saturated rings. The van der Waals surface area contributed by atoms with Crippen LogP contribution < -0.4 is 4.74 Å². The molecule has 1 aromatic rings. The monoisotopic (exact) mass is 290 g/mol. The van der Waals surface area contributed by atoms with Gasteiger partial charge in [0.15, 0.2) is 0 Å². The fourth-order valence-corrected chi connectivity index (χ4v) is 1.34. The van der Waals surface area contributed by atoms with Gasteiger partial charge in [0.05, 0.1) is 7.11 Å². The van der Waals surface area contributed by atoms with Crippen molar-refractivity contribution in [1.29, 1.82) is 0 Å². The molecular weight excluding hydrogens is 284 g/mol. The number of hydrogen-bond acceptors (Lipinski definition) is 1. The van der Waals surface area contributed by atoms with Gasteiger partial charge in [-0.1, -0.05) is 28.1 Å². The molecule has 0 saturated heterocycles. The minimum atomic E-state index is 0.869. The van der Waals surface area contributed by atoms with E-state index in [0.29, 0.717) is 0 Å². The Balaban J connectivity index is 2.92. The molecule has 0 N–H and O–H groups in total. The second-order valence-electron chi connectivity index (χ2n) is 2.19. The van der Waals surface area contributed by atoms with E-state index < -0.39 is 0 Å². The van der Waals surface area contributed by atoms with Crippen LogP contribution in [0.15, 0.2) is 29.3 Å². The lowest BCUT2D eigenvalue weighted by atomic mass is 10.2. The van der Waals surface area contributed by atoms with E-state index in [1.54, 1.807) is 7.11 Å². The third-order valence-corrected chi connectivity index (χ3v) is 3.22. The van der Waals surface area contributed by atoms with Crippen molar-refractivity contribution in [1.82, 2.24) is 0 Å². The molecule has 0 aliphatic rings. The SMILES string of the molecule is COc1ccc(/C(Br)=C/Br)cc1. The molecule has 0 aliphatic carbocycles. The molecule has 1 aromatic carbocycles. The number of benzene rings is 1. The third-order valence-electron chi connectivity index (χ3n) is 1.46. The fourth-order valence-electron chi connectivity index (χ4n) is 0.813. The molecule has 0 unspecified atom stereocenters. The molecule has 1 rings (SSSR count). The van der Waals surface area contributed by atoms with Crippen molar-refractivity contribution in [3.05, 3.63) is 34.8 Å². The Kier molecular flexibility index (Phi) is 3.82. The highest BCUT2D eigenvalue weighted by Gasteiger charge is 1.96. The minimum absolute atomic E-state index is 0.869. The summed E-state index contributed by atoms with van der Waals surface area (Å²) in [6.45, 7) is 0. The van der Waals surface area contributed by atoms with Gasteiger partial charge >= 0.3 is 0 Å². The molecule has 0 aliphatic heterocycles. The van der Waals surface area contributed by atoms with E-state index in [-0.39, 0.29) is 0 Å². The Labute approximate surface area is 88.7 Å². The van der Waals surface area contributed by atoms with E-state index >= 15 is 0 Å². The number of ether oxygens (including phenoxy) is 1. The first-order valence-corrected chi connectivity index (χ1v) is 5.09. The van der Waals surface area contributed by atoms with Crippen LogP contribution in [0.3, 0.4) is 0 Å². The average Bonchev–Trinajstić information content (AvgIpc) is 2.17. The molecule has 0 atom stereocenters. The molecule has 1 nitrogen and oxygen atoms in total. The van der Waals surface area contributed by atoms with Gasteiger partial charge in [-0.15, -0.1) is 0 Å². The highest BCUT2D eigenvalue weighted by atomic mass is 79.9. The summed E-state index contributed by atoms with van der Waals surface area (Å²) in [6, 6.07) is 7.82. The number of rotatable bonds is 2. The predicted molar refractivity (Wildman–Crippen MR) is 58.8 cm³/mol. The zero-order valence-corrected chi connectivity index (χ0v) is 9.72. The van der Waals surface area contributed by atoms with Gasteiger partial charge in [-0.2, -0.15) is 0 Å². The minimum Gasteiger partial charge on any atom is -0.497 e. The Morgan fingerprint density at radius 3 is 2.33 bits per heavy atom. The van der Waals surface area contributed by atoms with Gasteiger partial charge in [0.25, 0.3) is 0 Å². The van der Waals surface area contributed by atoms with Gasteiger partial charge in [0.2, 0.25) is 0 Å². The maximum Gasteiger partial charge on any atom is 0.118 e. The molecule has 0 bridgehead atoms. The van der Waals surface area contributed by atoms with Crippen molar-refractivity contribution in [3.63, 3.8) is 0 Å². The first kappa shape index (κ1) is 9.81. The van der Waals surface area contributed by atoms with Gasteiger partial charge in [0, 0.05) is 4.48 Å². The summed E-state index contributed by atoms with van der Waals surface area (Å²) >= 11 is 6.65. The summed E-state index contributed by atoms with van der Waals surface area (Å²) in [4.78, 5) is 1.83. The highest BCUT2D eigenvalue weighted by Crippen LogP contribution is 2.24. The molecular formula is C9H8Br2O. The Morgan fingerprint density at radius 1 is 1.33 bits per heavy atom. The predicted octanol–water partition coefficient (Wildman–Crippen LogP) is 3.78. The largest absolute Gasteiger partial charge is 0.497 e. The maximum absolute atomic E-state index is 5.04. The van der Waals surface area contributed by atoms with Crippen LogP contribution in [0.25, 0.3) is 4.48 Å². The number of halogens is 2. The zero-order chi connectivity index (χ0) is 8.97. The Hall–Kier alpha value is -0.280. The van der Waals surface area contributed by atoms with Crippen LogP contribution in [0, 0.1) is 0 Å². The first-order valence-electron chi connectivity index (χ1n) is 3.38. The van der Waals surface area contributed by atoms with Crippen LogP contribution in [0.5, 0.6) is 5.75 Å². The van der Waals surface area contributed by atoms with Crippen molar-refractivity contribution in [2.75, 3.05) is 7.11 Å². The van der Waals surface area contributed by atoms with Crippen LogP contribution in [0.1, 0.15) is 5.56 Å². The molecule has 12 heavy (non-hydrogen) atoms. The fraction of sp³-hybridized carbons (Fsp3) is 0.111. The maximum atomic E-state index is 5.04. The summed E-state index contributed by atoms with van der Waals surface area (Å²) in [6.07, 6.45) is 0. The van der Waals surface area contributed by atoms with Crippen LogP contribution in [0.2, 0.25) is 0 Å². The van der Waals surface area contributed by atoms with E-state index in [2.05, 4.69) is 31.9 Å². The lowest BCUT2D eigenvalue weighted by Gasteiger charge is -2.00. The number of hydrogen-bond donors (Lipinski definition) is 0. The Morgan fingerprint density at radius 2 is 1.92 bits per heavy atom. The highest BCUT2D eigenvalue weighted by molar-refractivity contribution is 9.16. The van der Waals surface area contributed by atoms with E-state index in [1.165, 1.54) is 0 Å². The average molecular weight is 292 g/mol. The van der Waals surface area contributed by atoms with Gasteiger partial charge in [-0.25, -0.2) is 0 Å². The van der Waals surface area contributed by atoms with Crippen molar-refractivity contribution in [2.24, 2.45) is 0 Å². The van der Waals surface area contributed by atoms with E-state index in [0.717, 1.165) is 15.8 Å². The summed E-state index contributed by atoms with van der Waals surface area (Å²) in [5.74, 6) is 0.869. The smallest absolute Gasteiger partial charge is 0.118 e. The molecule has 0 radical (unpaired) electrons. The third kappa shape index (κ3) is 2.35. The van der Waals surface area contributed by atoms with Crippen LogP contribution >= 0.6 is 31.9 Å². The van der Waals surface area contributed by atoms with Gasteiger partial charge in [-0.3, -0.25) is 0 Å². The van der Waals surface area contributed by atoms with Crippen LogP contribution in [0.4, 0.5) is 0 Å². The normalized spacial score (nSPS) is 11.4. The van der Waals surface area contributed by atoms with E-state index in [9.17, 15) is 0 Å². The molecule has 0 spiro atoms. The molecule has 0 saturated carbocycles. The first-order chi connectivity index (χ1) is 5.77.